The maximum atomic E-state index is 12.3. The maximum absolute atomic E-state index is 12.3. The van der Waals surface area contributed by atoms with Crippen molar-refractivity contribution < 1.29 is 18.3 Å². The Morgan fingerprint density at radius 2 is 1.89 bits per heavy atom. The summed E-state index contributed by atoms with van der Waals surface area (Å²) in [6.45, 7) is 0. The van der Waals surface area contributed by atoms with E-state index in [-0.39, 0.29) is 11.7 Å². The number of alkyl halides is 2. The van der Waals surface area contributed by atoms with Gasteiger partial charge < -0.3 is 10.1 Å². The lowest BCUT2D eigenvalue weighted by atomic mass is 10.3. The molecule has 7 nitrogen and oxygen atoms in total. The summed E-state index contributed by atoms with van der Waals surface area (Å²) in [5.74, 6) is -1.94. The van der Waals surface area contributed by atoms with E-state index in [1.807, 2.05) is 0 Å². The molecule has 0 fully saturated rings. The first-order chi connectivity index (χ1) is 13.5. The van der Waals surface area contributed by atoms with E-state index in [9.17, 15) is 13.6 Å². The van der Waals surface area contributed by atoms with Crippen LogP contribution in [0.5, 0.6) is 5.75 Å². The van der Waals surface area contributed by atoms with Crippen LogP contribution in [-0.4, -0.2) is 44.7 Å². The van der Waals surface area contributed by atoms with Crippen LogP contribution in [0.3, 0.4) is 0 Å². The van der Waals surface area contributed by atoms with Gasteiger partial charge in [0.15, 0.2) is 0 Å². The van der Waals surface area contributed by atoms with Crippen LogP contribution in [-0.2, 0) is 4.79 Å². The topological polar surface area (TPSA) is 81.9 Å². The molecule has 0 saturated carbocycles. The van der Waals surface area contributed by atoms with Gasteiger partial charge in [0.1, 0.15) is 5.75 Å². The molecule has 28 heavy (non-hydrogen) atoms. The molecule has 0 bridgehead atoms. The molecule has 0 aliphatic heterocycles. The number of methoxy groups -OCH3 is 1. The Kier molecular flexibility index (Phi) is 6.82. The third-order valence-electron chi connectivity index (χ3n) is 3.45. The van der Waals surface area contributed by atoms with Crippen molar-refractivity contribution >= 4 is 35.1 Å². The first-order valence-electron chi connectivity index (χ1n) is 7.95. The minimum atomic E-state index is -2.48. The number of carbonyl (C=O) groups is 1. The zero-order valence-electron chi connectivity index (χ0n) is 14.6. The summed E-state index contributed by atoms with van der Waals surface area (Å²) in [6, 6.07) is 13.4. The number of nitrogens with zero attached hydrogens (tertiary/aromatic N) is 4. The normalized spacial score (nSPS) is 10.9. The number of rotatable bonds is 8. The summed E-state index contributed by atoms with van der Waals surface area (Å²) in [5.41, 5.74) is 1.26. The van der Waals surface area contributed by atoms with E-state index in [2.05, 4.69) is 20.8 Å². The molecular weight excluding hydrogens is 408 g/mol. The Balaban J connectivity index is 1.57. The van der Waals surface area contributed by atoms with Crippen LogP contribution in [0, 0.1) is 0 Å². The van der Waals surface area contributed by atoms with Gasteiger partial charge in [0.05, 0.1) is 18.6 Å². The van der Waals surface area contributed by atoms with Crippen LogP contribution in [0.25, 0.3) is 5.69 Å². The van der Waals surface area contributed by atoms with Crippen LogP contribution < -0.4 is 10.1 Å². The highest BCUT2D eigenvalue weighted by Crippen LogP contribution is 2.26. The zero-order chi connectivity index (χ0) is 19.9. The summed E-state index contributed by atoms with van der Waals surface area (Å²) in [5, 5.41) is 14.7. The predicted molar refractivity (Wildman–Crippen MR) is 103 cm³/mol. The monoisotopic (exact) mass is 423 g/mol. The van der Waals surface area contributed by atoms with E-state index in [1.54, 1.807) is 43.5 Å². The molecule has 1 amide bonds. The number of ether oxygens (including phenoxy) is 1. The molecule has 1 heterocycles. The van der Waals surface area contributed by atoms with Gasteiger partial charge in [-0.2, -0.15) is 13.5 Å². The molecule has 1 aromatic heterocycles. The van der Waals surface area contributed by atoms with Crippen LogP contribution in [0.15, 0.2) is 58.6 Å². The van der Waals surface area contributed by atoms with Gasteiger partial charge in [-0.15, -0.1) is 5.10 Å². The van der Waals surface area contributed by atoms with Gasteiger partial charge in [-0.25, -0.2) is 0 Å². The molecule has 3 aromatic rings. The van der Waals surface area contributed by atoms with Gasteiger partial charge in [0, 0.05) is 10.6 Å². The second-order valence-corrected chi connectivity index (χ2v) is 7.32. The van der Waals surface area contributed by atoms with Crippen molar-refractivity contribution in [1.82, 2.24) is 20.2 Å². The highest BCUT2D eigenvalue weighted by atomic mass is 32.2. The van der Waals surface area contributed by atoms with E-state index in [0.717, 1.165) is 5.69 Å². The smallest absolute Gasteiger partial charge is 0.288 e. The predicted octanol–water partition coefficient (Wildman–Crippen LogP) is 3.72. The van der Waals surface area contributed by atoms with E-state index >= 15 is 0 Å². The van der Waals surface area contributed by atoms with Gasteiger partial charge in [-0.05, 0) is 59.0 Å². The van der Waals surface area contributed by atoms with E-state index < -0.39 is 5.76 Å². The number of tetrazole rings is 1. The van der Waals surface area contributed by atoms with Crippen molar-refractivity contribution in [2.75, 3.05) is 18.2 Å². The first-order valence-corrected chi connectivity index (χ1v) is 9.82. The van der Waals surface area contributed by atoms with E-state index in [1.165, 1.54) is 28.6 Å². The van der Waals surface area contributed by atoms with Gasteiger partial charge in [-0.3, -0.25) is 4.79 Å². The summed E-state index contributed by atoms with van der Waals surface area (Å²) in [6.07, 6.45) is 0. The van der Waals surface area contributed by atoms with E-state index in [4.69, 9.17) is 4.74 Å². The summed E-state index contributed by atoms with van der Waals surface area (Å²) in [7, 11) is 1.58. The molecule has 0 atom stereocenters. The molecule has 0 aliphatic rings. The fraction of sp³-hybridized carbons (Fsp3) is 0.176. The standard InChI is InChI=1S/C17H15F2N5O2S2/c1-26-13-6-4-12(5-7-13)24-17(21-22-23-24)27-10-15(25)20-11-2-8-14(9-3-11)28-16(18)19/h2-9,16H,10H2,1H3,(H,20,25). The second-order valence-electron chi connectivity index (χ2n) is 5.31. The summed E-state index contributed by atoms with van der Waals surface area (Å²) < 4.78 is 31.3. The van der Waals surface area contributed by atoms with Crippen LogP contribution in [0.1, 0.15) is 0 Å². The third kappa shape index (κ3) is 5.42. The summed E-state index contributed by atoms with van der Waals surface area (Å²) in [4.78, 5) is 12.6. The number of aromatic nitrogens is 4. The van der Waals surface area contributed by atoms with Crippen LogP contribution in [0.4, 0.5) is 14.5 Å². The van der Waals surface area contributed by atoms with E-state index in [0.29, 0.717) is 33.3 Å². The fourth-order valence-corrected chi connectivity index (χ4v) is 3.39. The van der Waals surface area contributed by atoms with Crippen molar-refractivity contribution in [2.24, 2.45) is 0 Å². The second kappa shape index (κ2) is 9.51. The first kappa shape index (κ1) is 20.1. The number of nitrogens with one attached hydrogen (secondary N) is 1. The fourth-order valence-electron chi connectivity index (χ4n) is 2.20. The Bertz CT molecular complexity index is 920. The number of thioether (sulfide) groups is 2. The SMILES string of the molecule is COc1ccc(-n2nnnc2SCC(=O)Nc2ccc(SC(F)F)cc2)cc1. The number of carbonyl (C=O) groups excluding carboxylic acids is 1. The van der Waals surface area contributed by atoms with Gasteiger partial charge in [0.25, 0.3) is 5.76 Å². The molecule has 146 valence electrons. The number of anilines is 1. The van der Waals surface area contributed by atoms with Crippen LogP contribution in [0.2, 0.25) is 0 Å². The molecule has 0 spiro atoms. The molecular formula is C17H15F2N5O2S2. The Morgan fingerprint density at radius 3 is 2.54 bits per heavy atom. The van der Waals surface area contributed by atoms with Gasteiger partial charge in [0.2, 0.25) is 11.1 Å². The number of hydrogen-bond donors (Lipinski definition) is 1. The van der Waals surface area contributed by atoms with Gasteiger partial charge in [-0.1, -0.05) is 23.5 Å². The van der Waals surface area contributed by atoms with Crippen molar-refractivity contribution in [3.05, 3.63) is 48.5 Å². The average Bonchev–Trinajstić information content (AvgIpc) is 3.16. The van der Waals surface area contributed by atoms with Gasteiger partial charge >= 0.3 is 0 Å². The molecule has 0 aliphatic carbocycles. The molecule has 0 unspecified atom stereocenters. The lowest BCUT2D eigenvalue weighted by Crippen LogP contribution is -2.14. The minimum Gasteiger partial charge on any atom is -0.497 e. The quantitative estimate of drug-likeness (QED) is 0.553. The molecule has 11 heteroatoms. The molecule has 1 N–H and O–H groups in total. The maximum Gasteiger partial charge on any atom is 0.288 e. The highest BCUT2D eigenvalue weighted by molar-refractivity contribution is 8.00. The molecule has 0 saturated heterocycles. The average molecular weight is 423 g/mol. The Morgan fingerprint density at radius 1 is 1.18 bits per heavy atom. The third-order valence-corrected chi connectivity index (χ3v) is 5.10. The molecule has 0 radical (unpaired) electrons. The van der Waals surface area contributed by atoms with Crippen molar-refractivity contribution in [3.63, 3.8) is 0 Å². The number of halogens is 2. The lowest BCUT2D eigenvalue weighted by Gasteiger charge is -2.07. The number of amides is 1. The Labute approximate surface area is 167 Å². The zero-order valence-corrected chi connectivity index (χ0v) is 16.2. The highest BCUT2D eigenvalue weighted by Gasteiger charge is 2.12. The van der Waals surface area contributed by atoms with Crippen molar-refractivity contribution in [2.45, 2.75) is 15.8 Å². The Hall–Kier alpha value is -2.66. The lowest BCUT2D eigenvalue weighted by molar-refractivity contribution is -0.113. The number of hydrogen-bond acceptors (Lipinski definition) is 7. The number of benzene rings is 2. The molecule has 2 aromatic carbocycles. The largest absolute Gasteiger partial charge is 0.497 e. The van der Waals surface area contributed by atoms with Crippen molar-refractivity contribution in [1.29, 1.82) is 0 Å². The summed E-state index contributed by atoms with van der Waals surface area (Å²) >= 11 is 1.63. The molecule has 3 rings (SSSR count). The van der Waals surface area contributed by atoms with Crippen molar-refractivity contribution in [3.8, 4) is 11.4 Å². The minimum absolute atomic E-state index is 0.0874. The van der Waals surface area contributed by atoms with Crippen LogP contribution >= 0.6 is 23.5 Å².